The molecule has 480 valence electrons. The Hall–Kier alpha value is -2.84. The van der Waals surface area contributed by atoms with E-state index in [1.807, 2.05) is 27.2 Å². The van der Waals surface area contributed by atoms with Gasteiger partial charge in [0.25, 0.3) is 7.82 Å². The average molecular weight is 1180 g/mol. The first-order valence-corrected chi connectivity index (χ1v) is 36.2. The monoisotopic (exact) mass is 1180 g/mol. The minimum atomic E-state index is -4.61. The third kappa shape index (κ3) is 66.5. The fourth-order valence-corrected chi connectivity index (χ4v) is 10.6. The number of phosphoric ester groups is 1. The van der Waals surface area contributed by atoms with E-state index < -0.39 is 26.6 Å². The van der Waals surface area contributed by atoms with Crippen LogP contribution in [-0.2, 0) is 18.4 Å². The zero-order valence-electron chi connectivity index (χ0n) is 54.9. The van der Waals surface area contributed by atoms with Gasteiger partial charge in [0.1, 0.15) is 13.2 Å². The van der Waals surface area contributed by atoms with Crippen LogP contribution in [0.15, 0.2) is 109 Å². The van der Waals surface area contributed by atoms with E-state index in [1.54, 1.807) is 6.08 Å². The maximum absolute atomic E-state index is 13.0. The van der Waals surface area contributed by atoms with Crippen LogP contribution in [0, 0.1) is 0 Å². The molecule has 3 atom stereocenters. The predicted octanol–water partition coefficient (Wildman–Crippen LogP) is 21.6. The molecule has 1 amide bonds. The lowest BCUT2D eigenvalue weighted by Crippen LogP contribution is -2.45. The molecule has 0 radical (unpaired) electrons. The van der Waals surface area contributed by atoms with Crippen LogP contribution in [0.1, 0.15) is 303 Å². The molecular formula is C74H133N2O6P. The van der Waals surface area contributed by atoms with Gasteiger partial charge in [-0.2, -0.15) is 0 Å². The van der Waals surface area contributed by atoms with Gasteiger partial charge < -0.3 is 28.8 Å². The number of unbranched alkanes of at least 4 members (excludes halogenated alkanes) is 34. The lowest BCUT2D eigenvalue weighted by atomic mass is 10.0. The second-order valence-corrected chi connectivity index (χ2v) is 25.9. The average Bonchev–Trinajstić information content (AvgIpc) is 3.49. The van der Waals surface area contributed by atoms with Gasteiger partial charge in [-0.1, -0.05) is 316 Å². The summed E-state index contributed by atoms with van der Waals surface area (Å²) in [5.41, 5.74) is 0. The number of phosphoric acid groups is 1. The number of rotatable bonds is 63. The summed E-state index contributed by atoms with van der Waals surface area (Å²) < 4.78 is 23.4. The highest BCUT2D eigenvalue weighted by atomic mass is 31.2. The molecule has 0 aliphatic heterocycles. The van der Waals surface area contributed by atoms with Crippen LogP contribution >= 0.6 is 7.82 Å². The van der Waals surface area contributed by atoms with Gasteiger partial charge >= 0.3 is 0 Å². The number of hydrogen-bond acceptors (Lipinski definition) is 6. The molecule has 0 aromatic rings. The van der Waals surface area contributed by atoms with E-state index in [9.17, 15) is 19.4 Å². The molecule has 0 aromatic heterocycles. The van der Waals surface area contributed by atoms with Gasteiger partial charge in [-0.05, 0) is 89.9 Å². The molecule has 8 nitrogen and oxygen atoms in total. The van der Waals surface area contributed by atoms with Gasteiger partial charge in [-0.3, -0.25) is 9.36 Å². The number of hydrogen-bond donors (Lipinski definition) is 2. The van der Waals surface area contributed by atoms with Crippen LogP contribution in [-0.4, -0.2) is 68.5 Å². The SMILES string of the molecule is CC/C=C\C/C=C\C/C=C\C/C=C\C/C=C\C/C=C\C/C=C\CCCCCCCCCCCCCCCCCCCCCC(=O)NC(COP(=O)([O-])OCC[N+](C)(C)C)C(O)/C=C/CC/C=C/CCCCCCCCCCCCCCCC. The quantitative estimate of drug-likeness (QED) is 0.0272. The summed E-state index contributed by atoms with van der Waals surface area (Å²) in [4.78, 5) is 25.6. The summed E-state index contributed by atoms with van der Waals surface area (Å²) in [5, 5.41) is 13.9. The van der Waals surface area contributed by atoms with Crippen molar-refractivity contribution in [3.8, 4) is 0 Å². The van der Waals surface area contributed by atoms with Crippen molar-refractivity contribution in [1.82, 2.24) is 5.32 Å². The summed E-state index contributed by atoms with van der Waals surface area (Å²) in [6, 6.07) is -0.908. The van der Waals surface area contributed by atoms with E-state index in [-0.39, 0.29) is 12.5 Å². The zero-order valence-corrected chi connectivity index (χ0v) is 55.8. The zero-order chi connectivity index (χ0) is 60.5. The first-order valence-electron chi connectivity index (χ1n) is 34.7. The van der Waals surface area contributed by atoms with Crippen LogP contribution in [0.3, 0.4) is 0 Å². The van der Waals surface area contributed by atoms with Crippen molar-refractivity contribution in [2.45, 2.75) is 315 Å². The molecule has 0 bridgehead atoms. The van der Waals surface area contributed by atoms with Crippen LogP contribution in [0.25, 0.3) is 0 Å². The highest BCUT2D eigenvalue weighted by molar-refractivity contribution is 7.45. The van der Waals surface area contributed by atoms with Gasteiger partial charge in [0, 0.05) is 6.42 Å². The van der Waals surface area contributed by atoms with Crippen LogP contribution in [0.2, 0.25) is 0 Å². The van der Waals surface area contributed by atoms with Gasteiger partial charge in [0.2, 0.25) is 5.91 Å². The number of nitrogens with zero attached hydrogens (tertiary/aromatic N) is 1. The number of nitrogens with one attached hydrogen (secondary N) is 1. The van der Waals surface area contributed by atoms with Crippen LogP contribution in [0.5, 0.6) is 0 Å². The third-order valence-electron chi connectivity index (χ3n) is 15.2. The molecule has 0 spiro atoms. The fourth-order valence-electron chi connectivity index (χ4n) is 9.86. The second-order valence-electron chi connectivity index (χ2n) is 24.5. The first-order chi connectivity index (χ1) is 40.5. The number of allylic oxidation sites excluding steroid dienone is 17. The number of likely N-dealkylation sites (N-methyl/N-ethyl adjacent to an activating group) is 1. The largest absolute Gasteiger partial charge is 0.756 e. The lowest BCUT2D eigenvalue weighted by molar-refractivity contribution is -0.870. The molecule has 0 aliphatic carbocycles. The van der Waals surface area contributed by atoms with Crippen molar-refractivity contribution < 1.29 is 32.9 Å². The Kier molecular flexibility index (Phi) is 61.5. The third-order valence-corrected chi connectivity index (χ3v) is 16.2. The number of carbonyl (C=O) groups is 1. The van der Waals surface area contributed by atoms with Crippen molar-refractivity contribution in [2.24, 2.45) is 0 Å². The normalized spacial score (nSPS) is 14.3. The Morgan fingerprint density at radius 2 is 0.747 bits per heavy atom. The minimum absolute atomic E-state index is 0.00831. The van der Waals surface area contributed by atoms with Crippen LogP contribution in [0.4, 0.5) is 0 Å². The van der Waals surface area contributed by atoms with E-state index in [4.69, 9.17) is 9.05 Å². The molecular weight excluding hydrogens is 1040 g/mol. The molecule has 0 fully saturated rings. The summed E-state index contributed by atoms with van der Waals surface area (Å²) in [6.07, 6.45) is 93.5. The number of aliphatic hydroxyl groups is 1. The van der Waals surface area contributed by atoms with Crippen molar-refractivity contribution in [3.63, 3.8) is 0 Å². The van der Waals surface area contributed by atoms with Crippen molar-refractivity contribution in [3.05, 3.63) is 109 Å². The van der Waals surface area contributed by atoms with Gasteiger partial charge in [-0.25, -0.2) is 0 Å². The van der Waals surface area contributed by atoms with E-state index >= 15 is 0 Å². The van der Waals surface area contributed by atoms with E-state index in [0.717, 1.165) is 83.5 Å². The Labute approximate surface area is 514 Å². The number of quaternary nitrogens is 1. The molecule has 3 unspecified atom stereocenters. The molecule has 0 aromatic carbocycles. The molecule has 9 heteroatoms. The standard InChI is InChI=1S/C74H133N2O6P/c1-6-8-10-12-14-16-18-20-22-24-26-28-29-30-31-32-33-34-35-36-37-38-39-40-41-42-43-44-45-46-47-48-50-52-54-56-58-60-62-64-66-68-74(78)75-72(71-82-83(79,80)81-70-69-76(3,4)5)73(77)67-65-63-61-59-57-55-53-51-49-27-25-23-21-19-17-15-13-11-9-7-2/h8,10,14,16,20,22,26,28,30-31,33-34,36-37,57,59,65,67,72-73,77H,6-7,9,11-13,15,17-19,21,23-25,27,29,32,35,38-56,58,60-64,66,68-71H2,1-5H3,(H-,75,78,79,80)/b10-8-,16-14-,22-20-,28-26-,31-30-,34-33-,37-36-,59-57+,67-65+. The second kappa shape index (κ2) is 63.7. The Morgan fingerprint density at radius 3 is 1.12 bits per heavy atom. The maximum atomic E-state index is 13.0. The summed E-state index contributed by atoms with van der Waals surface area (Å²) in [6.45, 7) is 4.54. The number of carbonyl (C=O) groups excluding carboxylic acids is 1. The Morgan fingerprint density at radius 1 is 0.434 bits per heavy atom. The van der Waals surface area contributed by atoms with Crippen LogP contribution < -0.4 is 10.2 Å². The highest BCUT2D eigenvalue weighted by Crippen LogP contribution is 2.38. The van der Waals surface area contributed by atoms with Gasteiger partial charge in [0.05, 0.1) is 39.9 Å². The molecule has 0 rings (SSSR count). The molecule has 83 heavy (non-hydrogen) atoms. The summed E-state index contributed by atoms with van der Waals surface area (Å²) in [7, 11) is 1.25. The van der Waals surface area contributed by atoms with Gasteiger partial charge in [-0.15, -0.1) is 0 Å². The lowest BCUT2D eigenvalue weighted by Gasteiger charge is -2.29. The van der Waals surface area contributed by atoms with E-state index in [0.29, 0.717) is 17.4 Å². The molecule has 2 N–H and O–H groups in total. The molecule has 0 saturated heterocycles. The fraction of sp³-hybridized carbons (Fsp3) is 0.743. The van der Waals surface area contributed by atoms with E-state index in [2.05, 4.69) is 116 Å². The maximum Gasteiger partial charge on any atom is 0.268 e. The van der Waals surface area contributed by atoms with Crippen molar-refractivity contribution in [2.75, 3.05) is 40.9 Å². The smallest absolute Gasteiger partial charge is 0.268 e. The van der Waals surface area contributed by atoms with Gasteiger partial charge in [0.15, 0.2) is 0 Å². The predicted molar refractivity (Wildman–Crippen MR) is 362 cm³/mol. The number of aliphatic hydroxyl groups excluding tert-OH is 1. The van der Waals surface area contributed by atoms with E-state index in [1.165, 1.54) is 199 Å². The Bertz CT molecular complexity index is 1720. The first kappa shape index (κ1) is 80.2. The molecule has 0 heterocycles. The Balaban J connectivity index is 4.02. The topological polar surface area (TPSA) is 108 Å². The highest BCUT2D eigenvalue weighted by Gasteiger charge is 2.23. The number of amides is 1. The minimum Gasteiger partial charge on any atom is -0.756 e. The van der Waals surface area contributed by atoms with Crippen molar-refractivity contribution >= 4 is 13.7 Å². The molecule has 0 aliphatic rings. The molecule has 0 saturated carbocycles. The van der Waals surface area contributed by atoms with Crippen molar-refractivity contribution in [1.29, 1.82) is 0 Å². The summed E-state index contributed by atoms with van der Waals surface area (Å²) in [5.74, 6) is -0.206. The summed E-state index contributed by atoms with van der Waals surface area (Å²) >= 11 is 0.